The number of alkyl halides is 3. The Morgan fingerprint density at radius 1 is 1.18 bits per heavy atom. The summed E-state index contributed by atoms with van der Waals surface area (Å²) >= 11 is 0. The molecule has 1 aliphatic heterocycles. The number of hydrogen-bond donors (Lipinski definition) is 3. The number of likely N-dealkylation sites (tertiary alicyclic amines) is 1. The number of fused-ring (bicyclic) bond motifs is 1. The maximum atomic E-state index is 13.3. The Morgan fingerprint density at radius 2 is 1.97 bits per heavy atom. The van der Waals surface area contributed by atoms with Gasteiger partial charge in [0.1, 0.15) is 18.2 Å². The quantitative estimate of drug-likeness (QED) is 0.628. The number of nitrogens with zero attached hydrogens (tertiary/aromatic N) is 3. The van der Waals surface area contributed by atoms with Crippen LogP contribution in [0.5, 0.6) is 0 Å². The van der Waals surface area contributed by atoms with Gasteiger partial charge in [-0.15, -0.1) is 0 Å². The standard InChI is InChI=1S/C22H27F3N6O2/c1-12(32)29-18-10-14(26-2)4-6-19(18)31-8-7-17(21(31)33)30-20-15-9-13(22(23,24)25)3-5-16(15)27-11-28-20/h3,5,9,11,14,17-19,26H,4,6-8,10H2,1-2H3,(H,29,32)(H,27,28,30)/t14-,17+,18-,19+/m1/s1. The molecule has 0 radical (unpaired) electrons. The Labute approximate surface area is 189 Å². The van der Waals surface area contributed by atoms with Crippen molar-refractivity contribution in [1.29, 1.82) is 0 Å². The Bertz CT molecular complexity index is 1050. The summed E-state index contributed by atoms with van der Waals surface area (Å²) < 4.78 is 39.6. The Balaban J connectivity index is 1.54. The van der Waals surface area contributed by atoms with Gasteiger partial charge in [-0.3, -0.25) is 9.59 Å². The van der Waals surface area contributed by atoms with Crippen LogP contribution >= 0.6 is 0 Å². The van der Waals surface area contributed by atoms with Gasteiger partial charge in [-0.25, -0.2) is 9.97 Å². The molecule has 1 aliphatic carbocycles. The predicted octanol–water partition coefficient (Wildman–Crippen LogP) is 2.31. The lowest BCUT2D eigenvalue weighted by Crippen LogP contribution is -2.57. The molecule has 0 spiro atoms. The lowest BCUT2D eigenvalue weighted by atomic mass is 9.85. The van der Waals surface area contributed by atoms with Gasteiger partial charge in [-0.2, -0.15) is 13.2 Å². The fourth-order valence-electron chi connectivity index (χ4n) is 4.88. The molecule has 1 aromatic carbocycles. The second-order valence-electron chi connectivity index (χ2n) is 8.64. The molecule has 1 aromatic heterocycles. The molecule has 2 fully saturated rings. The number of hydrogen-bond acceptors (Lipinski definition) is 6. The van der Waals surface area contributed by atoms with Crippen LogP contribution in [0.4, 0.5) is 19.0 Å². The van der Waals surface area contributed by atoms with Crippen molar-refractivity contribution in [2.75, 3.05) is 18.9 Å². The average molecular weight is 464 g/mol. The third-order valence-electron chi connectivity index (χ3n) is 6.52. The molecule has 2 aromatic rings. The number of nitrogens with one attached hydrogen (secondary N) is 3. The van der Waals surface area contributed by atoms with Gasteiger partial charge >= 0.3 is 6.18 Å². The van der Waals surface area contributed by atoms with Gasteiger partial charge in [0.2, 0.25) is 11.8 Å². The molecule has 178 valence electrons. The molecule has 8 nitrogen and oxygen atoms in total. The summed E-state index contributed by atoms with van der Waals surface area (Å²) in [5.41, 5.74) is -0.439. The van der Waals surface area contributed by atoms with Crippen molar-refractivity contribution in [3.63, 3.8) is 0 Å². The van der Waals surface area contributed by atoms with Crippen LogP contribution in [0.25, 0.3) is 10.9 Å². The number of halogens is 3. The lowest BCUT2D eigenvalue weighted by molar-refractivity contribution is -0.137. The fraction of sp³-hybridized carbons (Fsp3) is 0.545. The third kappa shape index (κ3) is 4.87. The summed E-state index contributed by atoms with van der Waals surface area (Å²) in [4.78, 5) is 34.9. The molecule has 2 aliphatic rings. The van der Waals surface area contributed by atoms with Gasteiger partial charge in [0.05, 0.1) is 23.2 Å². The molecule has 4 atom stereocenters. The second-order valence-corrected chi connectivity index (χ2v) is 8.64. The first kappa shape index (κ1) is 23.2. The van der Waals surface area contributed by atoms with Crippen molar-refractivity contribution in [2.24, 2.45) is 0 Å². The summed E-state index contributed by atoms with van der Waals surface area (Å²) in [5, 5.41) is 9.48. The van der Waals surface area contributed by atoms with E-state index in [1.54, 1.807) is 4.90 Å². The van der Waals surface area contributed by atoms with Crippen molar-refractivity contribution < 1.29 is 22.8 Å². The van der Waals surface area contributed by atoms with E-state index >= 15 is 0 Å². The molecule has 33 heavy (non-hydrogen) atoms. The third-order valence-corrected chi connectivity index (χ3v) is 6.52. The van der Waals surface area contributed by atoms with Crippen LogP contribution in [-0.2, 0) is 15.8 Å². The number of carbonyl (C=O) groups excluding carboxylic acids is 2. The van der Waals surface area contributed by atoms with E-state index in [1.807, 2.05) is 7.05 Å². The van der Waals surface area contributed by atoms with Crippen LogP contribution in [0.2, 0.25) is 0 Å². The van der Waals surface area contributed by atoms with E-state index in [0.29, 0.717) is 18.5 Å². The number of carbonyl (C=O) groups is 2. The number of amides is 2. The SMILES string of the molecule is CN[C@@H]1CC[C@H](N2CC[C@H](Nc3ncnc4ccc(C(F)(F)F)cc34)C2=O)[C@H](NC(C)=O)C1. The van der Waals surface area contributed by atoms with Gasteiger partial charge in [0, 0.05) is 24.9 Å². The minimum atomic E-state index is -4.49. The molecule has 2 amide bonds. The van der Waals surface area contributed by atoms with Crippen LogP contribution in [-0.4, -0.2) is 64.4 Å². The number of benzene rings is 1. The highest BCUT2D eigenvalue weighted by molar-refractivity contribution is 5.93. The average Bonchev–Trinajstić information content (AvgIpc) is 3.12. The Morgan fingerprint density at radius 3 is 2.67 bits per heavy atom. The summed E-state index contributed by atoms with van der Waals surface area (Å²) in [7, 11) is 1.88. The van der Waals surface area contributed by atoms with Crippen molar-refractivity contribution in [3.8, 4) is 0 Å². The molecule has 0 unspecified atom stereocenters. The van der Waals surface area contributed by atoms with Gasteiger partial charge in [0.25, 0.3) is 0 Å². The van der Waals surface area contributed by atoms with Crippen LogP contribution < -0.4 is 16.0 Å². The predicted molar refractivity (Wildman–Crippen MR) is 116 cm³/mol. The normalized spacial score (nSPS) is 26.0. The monoisotopic (exact) mass is 464 g/mol. The van der Waals surface area contributed by atoms with Gasteiger partial charge in [0.15, 0.2) is 0 Å². The van der Waals surface area contributed by atoms with Crippen LogP contribution in [0.3, 0.4) is 0 Å². The minimum absolute atomic E-state index is 0.128. The summed E-state index contributed by atoms with van der Waals surface area (Å²) in [6, 6.07) is 2.64. The van der Waals surface area contributed by atoms with E-state index in [2.05, 4.69) is 25.9 Å². The summed E-state index contributed by atoms with van der Waals surface area (Å²) in [5.74, 6) is -0.0865. The molecule has 11 heteroatoms. The zero-order valence-corrected chi connectivity index (χ0v) is 18.4. The molecule has 1 saturated carbocycles. The summed E-state index contributed by atoms with van der Waals surface area (Å²) in [6.07, 6.45) is -0.384. The van der Waals surface area contributed by atoms with E-state index in [1.165, 1.54) is 19.3 Å². The van der Waals surface area contributed by atoms with E-state index in [9.17, 15) is 22.8 Å². The molecule has 0 bridgehead atoms. The van der Waals surface area contributed by atoms with Crippen LogP contribution in [0, 0.1) is 0 Å². The number of aromatic nitrogens is 2. The highest BCUT2D eigenvalue weighted by Gasteiger charge is 2.42. The maximum absolute atomic E-state index is 13.3. The first-order valence-corrected chi connectivity index (χ1v) is 11.0. The molecular weight excluding hydrogens is 437 g/mol. The fourth-order valence-corrected chi connectivity index (χ4v) is 4.88. The highest BCUT2D eigenvalue weighted by Crippen LogP contribution is 2.33. The van der Waals surface area contributed by atoms with Crippen molar-refractivity contribution >= 4 is 28.5 Å². The minimum Gasteiger partial charge on any atom is -0.358 e. The molecule has 3 N–H and O–H groups in total. The van der Waals surface area contributed by atoms with E-state index < -0.39 is 17.8 Å². The van der Waals surface area contributed by atoms with Crippen molar-refractivity contribution in [1.82, 2.24) is 25.5 Å². The molecule has 2 heterocycles. The maximum Gasteiger partial charge on any atom is 0.416 e. The topological polar surface area (TPSA) is 99.2 Å². The van der Waals surface area contributed by atoms with Gasteiger partial charge in [-0.1, -0.05) is 0 Å². The summed E-state index contributed by atoms with van der Waals surface area (Å²) in [6.45, 7) is 1.96. The first-order chi connectivity index (χ1) is 15.7. The highest BCUT2D eigenvalue weighted by atomic mass is 19.4. The van der Waals surface area contributed by atoms with Crippen LogP contribution in [0.15, 0.2) is 24.5 Å². The Hall–Kier alpha value is -2.95. The number of anilines is 1. The smallest absolute Gasteiger partial charge is 0.358 e. The van der Waals surface area contributed by atoms with Gasteiger partial charge < -0.3 is 20.9 Å². The zero-order chi connectivity index (χ0) is 23.8. The van der Waals surface area contributed by atoms with E-state index in [4.69, 9.17) is 0 Å². The van der Waals surface area contributed by atoms with Gasteiger partial charge in [-0.05, 0) is 50.9 Å². The molecular formula is C22H27F3N6O2. The second kappa shape index (κ2) is 9.12. The first-order valence-electron chi connectivity index (χ1n) is 11.0. The number of rotatable bonds is 5. The van der Waals surface area contributed by atoms with Crippen LogP contribution in [0.1, 0.15) is 38.2 Å². The van der Waals surface area contributed by atoms with E-state index in [0.717, 1.165) is 31.4 Å². The van der Waals surface area contributed by atoms with Crippen molar-refractivity contribution in [2.45, 2.75) is 63.0 Å². The largest absolute Gasteiger partial charge is 0.416 e. The molecule has 4 rings (SSSR count). The molecule has 1 saturated heterocycles. The Kier molecular flexibility index (Phi) is 6.42. The lowest BCUT2D eigenvalue weighted by Gasteiger charge is -2.41. The van der Waals surface area contributed by atoms with Crippen molar-refractivity contribution in [3.05, 3.63) is 30.1 Å². The zero-order valence-electron chi connectivity index (χ0n) is 18.4. The van der Waals surface area contributed by atoms with E-state index in [-0.39, 0.29) is 41.1 Å².